The van der Waals surface area contributed by atoms with Gasteiger partial charge in [0.05, 0.1) is 24.7 Å². The van der Waals surface area contributed by atoms with Crippen molar-refractivity contribution in [2.24, 2.45) is 0 Å². The van der Waals surface area contributed by atoms with Crippen molar-refractivity contribution in [1.29, 1.82) is 0 Å². The molecule has 3 saturated heterocycles. The maximum Gasteiger partial charge on any atom is 0.255 e. The molecule has 0 spiro atoms. The van der Waals surface area contributed by atoms with E-state index in [1.807, 2.05) is 48.5 Å². The number of aromatic nitrogens is 2. The Bertz CT molecular complexity index is 2270. The van der Waals surface area contributed by atoms with Gasteiger partial charge in [-0.05, 0) is 87.1 Å². The SMILES string of the molecule is COc1cc(N2CCN(C3CCN(Cc4ccc5c(c4)CN(C4CCC(=O)NC4=O)C5=O)CC3)CC2)ccc1Nc1ncc(Cl)c(Nc2ccccc2P(C)(C)=O)n1. The molecule has 4 aliphatic rings. The Hall–Kier alpha value is -5.01. The van der Waals surface area contributed by atoms with Crippen LogP contribution in [0.25, 0.3) is 0 Å². The van der Waals surface area contributed by atoms with E-state index in [4.69, 9.17) is 16.3 Å². The van der Waals surface area contributed by atoms with Crippen molar-refractivity contribution in [2.75, 3.05) is 75.2 Å². The molecule has 16 heteroatoms. The minimum atomic E-state index is -2.55. The molecule has 14 nitrogen and oxygen atoms in total. The molecule has 0 radical (unpaired) electrons. The van der Waals surface area contributed by atoms with Crippen molar-refractivity contribution in [2.45, 2.75) is 50.9 Å². The van der Waals surface area contributed by atoms with Gasteiger partial charge in [0, 0.05) is 74.4 Å². The van der Waals surface area contributed by atoms with Crippen molar-refractivity contribution in [3.05, 3.63) is 88.6 Å². The van der Waals surface area contributed by atoms with Crippen LogP contribution >= 0.6 is 18.7 Å². The fourth-order valence-electron chi connectivity index (χ4n) is 8.56. The van der Waals surface area contributed by atoms with Crippen LogP contribution in [0.5, 0.6) is 5.75 Å². The summed E-state index contributed by atoms with van der Waals surface area (Å²) in [5.41, 5.74) is 5.27. The summed E-state index contributed by atoms with van der Waals surface area (Å²) in [6, 6.07) is 19.5. The van der Waals surface area contributed by atoms with Crippen LogP contribution in [0, 0.1) is 0 Å². The van der Waals surface area contributed by atoms with Gasteiger partial charge in [0.1, 0.15) is 24.0 Å². The second-order valence-corrected chi connectivity index (χ2v) is 19.4. The van der Waals surface area contributed by atoms with E-state index in [-0.39, 0.29) is 24.1 Å². The third-order valence-corrected chi connectivity index (χ3v) is 13.5. The lowest BCUT2D eigenvalue weighted by atomic mass is 10.0. The Labute approximate surface area is 343 Å². The van der Waals surface area contributed by atoms with E-state index in [0.29, 0.717) is 52.8 Å². The van der Waals surface area contributed by atoms with E-state index >= 15 is 0 Å². The number of piperidine rings is 2. The third kappa shape index (κ3) is 8.56. The van der Waals surface area contributed by atoms with Crippen molar-refractivity contribution in [3.8, 4) is 5.75 Å². The number of imide groups is 1. The number of halogens is 1. The van der Waals surface area contributed by atoms with E-state index in [1.54, 1.807) is 25.3 Å². The first-order chi connectivity index (χ1) is 27.9. The standard InChI is InChI=1S/C42H49ClN9O5P/c1-57-36-23-30(9-11-33(36)46-42-44-24-32(43)39(48-42)45-34-6-4-5-7-37(34)58(2,3)56)51-20-18-50(19-21-51)29-14-16-49(17-15-29)25-27-8-10-31-28(22-27)26-52(41(31)55)35-12-13-38(53)47-40(35)54/h4-11,22-24,29,35H,12-21,25-26H2,1-3H3,(H,47,53,54)(H2,44,45,46,48). The van der Waals surface area contributed by atoms with Gasteiger partial charge < -0.3 is 29.7 Å². The van der Waals surface area contributed by atoms with Crippen LogP contribution in [-0.4, -0.2) is 114 Å². The van der Waals surface area contributed by atoms with Crippen molar-refractivity contribution in [1.82, 2.24) is 30.0 Å². The highest BCUT2D eigenvalue weighted by atomic mass is 35.5. The predicted molar refractivity (Wildman–Crippen MR) is 227 cm³/mol. The molecule has 3 fully saturated rings. The third-order valence-electron chi connectivity index (χ3n) is 11.7. The molecule has 0 aliphatic carbocycles. The molecule has 8 rings (SSSR count). The number of carbonyl (C=O) groups excluding carboxylic acids is 3. The minimum Gasteiger partial charge on any atom is -0.494 e. The number of hydrogen-bond acceptors (Lipinski definition) is 12. The summed E-state index contributed by atoms with van der Waals surface area (Å²) in [4.78, 5) is 55.3. The number of piperazine rings is 1. The summed E-state index contributed by atoms with van der Waals surface area (Å²) in [5, 5.41) is 9.96. The highest BCUT2D eigenvalue weighted by Crippen LogP contribution is 2.39. The average molecular weight is 826 g/mol. The van der Waals surface area contributed by atoms with Crippen molar-refractivity contribution in [3.63, 3.8) is 0 Å². The maximum absolute atomic E-state index is 13.1. The summed E-state index contributed by atoms with van der Waals surface area (Å²) in [6.07, 6.45) is 4.36. The number of rotatable bonds is 11. The van der Waals surface area contributed by atoms with Gasteiger partial charge >= 0.3 is 0 Å². The number of fused-ring (bicyclic) bond motifs is 1. The van der Waals surface area contributed by atoms with Gasteiger partial charge in [0.25, 0.3) is 5.91 Å². The van der Waals surface area contributed by atoms with Crippen LogP contribution in [0.15, 0.2) is 66.9 Å². The molecule has 1 unspecified atom stereocenters. The zero-order valence-corrected chi connectivity index (χ0v) is 34.7. The molecule has 4 aromatic rings. The van der Waals surface area contributed by atoms with E-state index in [2.05, 4.69) is 52.8 Å². The lowest BCUT2D eigenvalue weighted by Gasteiger charge is -2.43. The summed E-state index contributed by atoms with van der Waals surface area (Å²) < 4.78 is 18.7. The van der Waals surface area contributed by atoms with Crippen LogP contribution in [0.2, 0.25) is 5.02 Å². The summed E-state index contributed by atoms with van der Waals surface area (Å²) >= 11 is 6.48. The Morgan fingerprint density at radius 2 is 1.69 bits per heavy atom. The van der Waals surface area contributed by atoms with E-state index in [0.717, 1.165) is 80.9 Å². The number of hydrogen-bond donors (Lipinski definition) is 3. The van der Waals surface area contributed by atoms with Crippen LogP contribution in [0.3, 0.4) is 0 Å². The van der Waals surface area contributed by atoms with Gasteiger partial charge in [-0.1, -0.05) is 35.9 Å². The number of carbonyl (C=O) groups is 3. The molecule has 1 atom stereocenters. The van der Waals surface area contributed by atoms with Gasteiger partial charge in [0.15, 0.2) is 5.82 Å². The fraction of sp³-hybridized carbons (Fsp3) is 0.405. The monoisotopic (exact) mass is 825 g/mol. The zero-order valence-electron chi connectivity index (χ0n) is 33.0. The number of para-hydroxylation sites is 1. The highest BCUT2D eigenvalue weighted by Gasteiger charge is 2.39. The number of benzene rings is 3. The van der Waals surface area contributed by atoms with Crippen molar-refractivity contribution < 1.29 is 23.7 Å². The first-order valence-corrected chi connectivity index (χ1v) is 22.8. The summed E-state index contributed by atoms with van der Waals surface area (Å²) in [6.45, 7) is 10.5. The second kappa shape index (κ2) is 16.7. The Morgan fingerprint density at radius 1 is 0.914 bits per heavy atom. The van der Waals surface area contributed by atoms with Crippen LogP contribution in [0.1, 0.15) is 47.2 Å². The molecule has 4 aliphatic heterocycles. The molecule has 3 aromatic carbocycles. The molecule has 0 bridgehead atoms. The number of nitrogens with one attached hydrogen (secondary N) is 3. The van der Waals surface area contributed by atoms with Crippen molar-refractivity contribution >= 4 is 70.6 Å². The number of methoxy groups -OCH3 is 1. The lowest BCUT2D eigenvalue weighted by molar-refractivity contribution is -0.136. The maximum atomic E-state index is 13.1. The number of anilines is 5. The normalized spacial score (nSPS) is 19.6. The zero-order chi connectivity index (χ0) is 40.6. The molecule has 3 amide bonds. The van der Waals surface area contributed by atoms with E-state index in [1.165, 1.54) is 11.8 Å². The number of ether oxygens (including phenoxy) is 1. The molecule has 1 aromatic heterocycles. The fourth-order valence-corrected chi connectivity index (χ4v) is 9.86. The van der Waals surface area contributed by atoms with Gasteiger partial charge in [0.2, 0.25) is 17.8 Å². The molecule has 58 heavy (non-hydrogen) atoms. The highest BCUT2D eigenvalue weighted by molar-refractivity contribution is 7.70. The topological polar surface area (TPSA) is 152 Å². The Balaban J connectivity index is 0.826. The predicted octanol–water partition coefficient (Wildman–Crippen LogP) is 5.42. The molecular formula is C42H49ClN9O5P. The lowest BCUT2D eigenvalue weighted by Crippen LogP contribution is -2.53. The van der Waals surface area contributed by atoms with Gasteiger partial charge in [-0.2, -0.15) is 4.98 Å². The Morgan fingerprint density at radius 3 is 2.43 bits per heavy atom. The second-order valence-electron chi connectivity index (χ2n) is 15.8. The molecule has 5 heterocycles. The van der Waals surface area contributed by atoms with Gasteiger partial charge in [-0.3, -0.25) is 29.5 Å². The summed E-state index contributed by atoms with van der Waals surface area (Å²) in [5.74, 6) is 0.617. The molecular weight excluding hydrogens is 777 g/mol. The molecule has 3 N–H and O–H groups in total. The van der Waals surface area contributed by atoms with Crippen LogP contribution < -0.4 is 30.9 Å². The molecule has 0 saturated carbocycles. The van der Waals surface area contributed by atoms with Gasteiger partial charge in [-0.15, -0.1) is 0 Å². The van der Waals surface area contributed by atoms with E-state index < -0.39 is 13.2 Å². The minimum absolute atomic E-state index is 0.135. The number of amides is 3. The van der Waals surface area contributed by atoms with Crippen LogP contribution in [0.4, 0.5) is 28.8 Å². The average Bonchev–Trinajstić information content (AvgIpc) is 3.54. The van der Waals surface area contributed by atoms with Gasteiger partial charge in [-0.25, -0.2) is 4.98 Å². The number of nitrogens with zero attached hydrogens (tertiary/aromatic N) is 6. The Kier molecular flexibility index (Phi) is 11.5. The van der Waals surface area contributed by atoms with E-state index in [9.17, 15) is 18.9 Å². The largest absolute Gasteiger partial charge is 0.494 e. The smallest absolute Gasteiger partial charge is 0.255 e. The first kappa shape index (κ1) is 39.8. The first-order valence-electron chi connectivity index (χ1n) is 19.8. The summed E-state index contributed by atoms with van der Waals surface area (Å²) in [7, 11) is -0.897. The molecule has 304 valence electrons. The quantitative estimate of drug-likeness (QED) is 0.131. The number of likely N-dealkylation sites (tertiary alicyclic amines) is 1. The van der Waals surface area contributed by atoms with Crippen LogP contribution in [-0.2, 0) is 27.2 Å².